The number of esters is 1. The highest BCUT2D eigenvalue weighted by atomic mass is 32.1. The molecule has 0 saturated carbocycles. The van der Waals surface area contributed by atoms with E-state index in [1.54, 1.807) is 57.5 Å². The van der Waals surface area contributed by atoms with Crippen LogP contribution in [0.3, 0.4) is 0 Å². The fourth-order valence-corrected chi connectivity index (χ4v) is 4.46. The van der Waals surface area contributed by atoms with Crippen molar-refractivity contribution in [2.45, 2.75) is 13.3 Å². The molecule has 0 fully saturated rings. The first-order valence-electron chi connectivity index (χ1n) is 11.0. The number of hydrogen-bond acceptors (Lipinski definition) is 8. The molecule has 2 aromatic carbocycles. The number of hydrogen-bond donors (Lipinski definition) is 1. The van der Waals surface area contributed by atoms with Crippen LogP contribution in [0.2, 0.25) is 0 Å². The predicted molar refractivity (Wildman–Crippen MR) is 136 cm³/mol. The number of amides is 1. The summed E-state index contributed by atoms with van der Waals surface area (Å²) in [6.45, 7) is 2.04. The second kappa shape index (κ2) is 12.4. The fourth-order valence-electron chi connectivity index (χ4n) is 3.39. The van der Waals surface area contributed by atoms with E-state index < -0.39 is 17.4 Å². The number of ether oxygens (including phenoxy) is 3. The maximum absolute atomic E-state index is 13.1. The van der Waals surface area contributed by atoms with Gasteiger partial charge in [0.05, 0.1) is 26.5 Å². The maximum Gasteiger partial charge on any atom is 0.332 e. The van der Waals surface area contributed by atoms with Crippen molar-refractivity contribution < 1.29 is 23.8 Å². The van der Waals surface area contributed by atoms with Gasteiger partial charge in [0.2, 0.25) is 0 Å². The fraction of sp³-hybridized carbons (Fsp3) is 0.231. The molecule has 0 aliphatic rings. The Balaban J connectivity index is 1.97. The highest BCUT2D eigenvalue weighted by Gasteiger charge is 2.17. The molecule has 1 heterocycles. The molecule has 1 amide bonds. The summed E-state index contributed by atoms with van der Waals surface area (Å²) in [6.07, 6.45) is 1.55. The minimum absolute atomic E-state index is 0.0539. The van der Waals surface area contributed by atoms with Crippen molar-refractivity contribution in [1.82, 2.24) is 9.88 Å². The predicted octanol–water partition coefficient (Wildman–Crippen LogP) is 1.29. The molecular weight excluding hydrogens is 482 g/mol. The monoisotopic (exact) mass is 507 g/mol. The van der Waals surface area contributed by atoms with Gasteiger partial charge in [0, 0.05) is 12.6 Å². The number of benzene rings is 2. The van der Waals surface area contributed by atoms with Crippen LogP contribution in [0.1, 0.15) is 12.5 Å². The van der Waals surface area contributed by atoms with Crippen LogP contribution in [0.25, 0.3) is 17.3 Å². The van der Waals surface area contributed by atoms with Crippen molar-refractivity contribution in [3.05, 3.63) is 73.6 Å². The Morgan fingerprint density at radius 1 is 1.11 bits per heavy atom. The number of carbonyl (C=O) groups excluding carboxylic acids is 2. The molecule has 186 valence electrons. The van der Waals surface area contributed by atoms with E-state index in [0.29, 0.717) is 23.6 Å². The average Bonchev–Trinajstić information content (AvgIpc) is 3.20. The van der Waals surface area contributed by atoms with E-state index in [-0.39, 0.29) is 27.9 Å². The third kappa shape index (κ3) is 6.00. The molecule has 36 heavy (non-hydrogen) atoms. The standard InChI is InChI=1S/C26H25N3O6S/c1-4-35-23(30)15-22-25(32)29(18-8-6-5-7-9-18)26(36-22)19(16-27)24(31)28-13-12-17-10-11-20(33-2)21(14-17)34-3/h5-11,14-15H,4,12-13H2,1-3H3,(H,28,31)/b22-15+,26-19-. The van der Waals surface area contributed by atoms with E-state index in [1.807, 2.05) is 18.2 Å². The van der Waals surface area contributed by atoms with Gasteiger partial charge in [0.15, 0.2) is 17.1 Å². The molecule has 9 nitrogen and oxygen atoms in total. The second-order valence-electron chi connectivity index (χ2n) is 7.33. The zero-order chi connectivity index (χ0) is 26.1. The largest absolute Gasteiger partial charge is 0.493 e. The Hall–Kier alpha value is -4.36. The van der Waals surface area contributed by atoms with Crippen molar-refractivity contribution in [1.29, 1.82) is 5.26 Å². The lowest BCUT2D eigenvalue weighted by Gasteiger charge is -2.10. The van der Waals surface area contributed by atoms with Crippen LogP contribution in [-0.4, -0.2) is 43.8 Å². The third-order valence-corrected chi connectivity index (χ3v) is 6.17. The van der Waals surface area contributed by atoms with Gasteiger partial charge < -0.3 is 19.5 Å². The normalized spacial score (nSPS) is 11.9. The topological polar surface area (TPSA) is 120 Å². The van der Waals surface area contributed by atoms with Gasteiger partial charge in [-0.25, -0.2) is 4.79 Å². The highest BCUT2D eigenvalue weighted by Crippen LogP contribution is 2.27. The van der Waals surface area contributed by atoms with Crippen molar-refractivity contribution >= 4 is 34.9 Å². The van der Waals surface area contributed by atoms with Gasteiger partial charge in [-0.05, 0) is 43.2 Å². The first kappa shape index (κ1) is 26.2. The molecule has 0 spiro atoms. The molecule has 0 radical (unpaired) electrons. The molecular formula is C26H25N3O6S. The minimum Gasteiger partial charge on any atom is -0.493 e. The van der Waals surface area contributed by atoms with Crippen molar-refractivity contribution in [3.8, 4) is 23.3 Å². The van der Waals surface area contributed by atoms with Crippen molar-refractivity contribution in [2.75, 3.05) is 27.4 Å². The van der Waals surface area contributed by atoms with Crippen molar-refractivity contribution in [3.63, 3.8) is 0 Å². The third-order valence-electron chi connectivity index (χ3n) is 5.07. The summed E-state index contributed by atoms with van der Waals surface area (Å²) in [5, 5.41) is 12.6. The van der Waals surface area contributed by atoms with E-state index in [9.17, 15) is 19.6 Å². The first-order chi connectivity index (χ1) is 17.4. The summed E-state index contributed by atoms with van der Waals surface area (Å²) in [7, 11) is 3.09. The number of methoxy groups -OCH3 is 2. The number of aromatic nitrogens is 1. The van der Waals surface area contributed by atoms with E-state index in [4.69, 9.17) is 14.2 Å². The molecule has 1 aromatic heterocycles. The van der Waals surface area contributed by atoms with Gasteiger partial charge in [-0.1, -0.05) is 24.3 Å². The molecule has 0 atom stereocenters. The van der Waals surface area contributed by atoms with Crippen LogP contribution in [-0.2, 0) is 20.7 Å². The van der Waals surface area contributed by atoms with Gasteiger partial charge in [0.25, 0.3) is 11.5 Å². The van der Waals surface area contributed by atoms with Crippen LogP contribution in [0.15, 0.2) is 53.3 Å². The number of rotatable bonds is 9. The lowest BCUT2D eigenvalue weighted by molar-refractivity contribution is -0.135. The molecule has 3 rings (SSSR count). The van der Waals surface area contributed by atoms with E-state index in [1.165, 1.54) is 4.57 Å². The minimum atomic E-state index is -0.680. The summed E-state index contributed by atoms with van der Waals surface area (Å²) in [4.78, 5) is 38.1. The van der Waals surface area contributed by atoms with Crippen LogP contribution in [0.4, 0.5) is 0 Å². The number of carbonyl (C=O) groups is 2. The molecule has 0 aliphatic carbocycles. The zero-order valence-corrected chi connectivity index (χ0v) is 20.9. The molecule has 10 heteroatoms. The van der Waals surface area contributed by atoms with Crippen LogP contribution in [0, 0.1) is 11.3 Å². The first-order valence-corrected chi connectivity index (χ1v) is 11.8. The smallest absolute Gasteiger partial charge is 0.332 e. The van der Waals surface area contributed by atoms with Crippen LogP contribution < -0.4 is 29.5 Å². The number of nitriles is 1. The molecule has 0 bridgehead atoms. The lowest BCUT2D eigenvalue weighted by Crippen LogP contribution is -2.34. The Morgan fingerprint density at radius 3 is 2.47 bits per heavy atom. The Labute approximate surface area is 211 Å². The van der Waals surface area contributed by atoms with Crippen molar-refractivity contribution in [2.24, 2.45) is 0 Å². The zero-order valence-electron chi connectivity index (χ0n) is 20.1. The summed E-state index contributed by atoms with van der Waals surface area (Å²) in [5.41, 5.74) is 0.593. The Bertz CT molecular complexity index is 1470. The van der Waals surface area contributed by atoms with Crippen LogP contribution in [0.5, 0.6) is 11.5 Å². The maximum atomic E-state index is 13.1. The van der Waals surface area contributed by atoms with Crippen LogP contribution >= 0.6 is 11.3 Å². The second-order valence-corrected chi connectivity index (χ2v) is 8.36. The number of nitrogens with one attached hydrogen (secondary N) is 1. The lowest BCUT2D eigenvalue weighted by atomic mass is 10.1. The summed E-state index contributed by atoms with van der Waals surface area (Å²) < 4.78 is 16.9. The Morgan fingerprint density at radius 2 is 1.83 bits per heavy atom. The molecule has 3 aromatic rings. The quantitative estimate of drug-likeness (QED) is 0.434. The molecule has 0 aliphatic heterocycles. The van der Waals surface area contributed by atoms with Gasteiger partial charge in [-0.3, -0.25) is 14.2 Å². The molecule has 0 unspecified atom stereocenters. The number of para-hydroxylation sites is 1. The summed E-state index contributed by atoms with van der Waals surface area (Å²) >= 11 is 0.878. The Kier molecular flexibility index (Phi) is 9.02. The van der Waals surface area contributed by atoms with E-state index in [0.717, 1.165) is 23.0 Å². The van der Waals surface area contributed by atoms with Gasteiger partial charge in [-0.2, -0.15) is 5.26 Å². The van der Waals surface area contributed by atoms with Gasteiger partial charge in [0.1, 0.15) is 15.3 Å². The highest BCUT2D eigenvalue weighted by molar-refractivity contribution is 7.07. The van der Waals surface area contributed by atoms with Gasteiger partial charge >= 0.3 is 5.97 Å². The van der Waals surface area contributed by atoms with Gasteiger partial charge in [-0.15, -0.1) is 11.3 Å². The summed E-state index contributed by atoms with van der Waals surface area (Å²) in [6, 6.07) is 15.9. The summed E-state index contributed by atoms with van der Waals surface area (Å²) in [5.74, 6) is -0.147. The average molecular weight is 508 g/mol. The van der Waals surface area contributed by atoms with E-state index >= 15 is 0 Å². The molecule has 0 saturated heterocycles. The number of thiazole rings is 1. The number of nitrogens with zero attached hydrogens (tertiary/aromatic N) is 2. The van der Waals surface area contributed by atoms with E-state index in [2.05, 4.69) is 5.32 Å². The molecule has 1 N–H and O–H groups in total. The SMILES string of the molecule is CCOC(=O)/C=c1/s/c(=C(/C#N)C(=O)NCCc2ccc(OC)c(OC)c2)n(-c2ccccc2)c1=O.